The van der Waals surface area contributed by atoms with Gasteiger partial charge in [-0.15, -0.1) is 0 Å². The van der Waals surface area contributed by atoms with Crippen LogP contribution in [0.4, 0.5) is 16.2 Å². The molecule has 22 heavy (non-hydrogen) atoms. The van der Waals surface area contributed by atoms with E-state index in [4.69, 9.17) is 16.2 Å². The van der Waals surface area contributed by atoms with Gasteiger partial charge in [0.1, 0.15) is 17.4 Å². The van der Waals surface area contributed by atoms with Gasteiger partial charge in [0.25, 0.3) is 0 Å². The minimum absolute atomic E-state index is 0.127. The van der Waals surface area contributed by atoms with Crippen LogP contribution in [-0.2, 0) is 6.42 Å². The van der Waals surface area contributed by atoms with E-state index in [1.54, 1.807) is 18.2 Å². The highest BCUT2D eigenvalue weighted by molar-refractivity contribution is 5.94. The number of aromatic nitrogens is 2. The van der Waals surface area contributed by atoms with Crippen LogP contribution in [0.1, 0.15) is 5.56 Å². The summed E-state index contributed by atoms with van der Waals surface area (Å²) in [5.41, 5.74) is 13.0. The molecule has 1 aromatic heterocycles. The molecule has 112 valence electrons. The van der Waals surface area contributed by atoms with Crippen molar-refractivity contribution in [2.45, 2.75) is 6.42 Å². The number of rotatable bonds is 4. The van der Waals surface area contributed by atoms with Gasteiger partial charge in [-0.2, -0.15) is 4.98 Å². The quantitative estimate of drug-likeness (QED) is 0.773. The van der Waals surface area contributed by atoms with Gasteiger partial charge in [-0.05, 0) is 29.8 Å². The van der Waals surface area contributed by atoms with Gasteiger partial charge in [0.05, 0.1) is 17.5 Å². The van der Waals surface area contributed by atoms with Crippen LogP contribution in [0.3, 0.4) is 0 Å². The van der Waals surface area contributed by atoms with E-state index in [2.05, 4.69) is 9.97 Å². The summed E-state index contributed by atoms with van der Waals surface area (Å²) in [5.74, 6) is 0.743. The molecule has 0 spiro atoms. The van der Waals surface area contributed by atoms with Crippen LogP contribution in [0.25, 0.3) is 10.9 Å². The number of halogens is 1. The average Bonchev–Trinajstić information content (AvgIpc) is 2.47. The largest absolute Gasteiger partial charge is 0.492 e. The summed E-state index contributed by atoms with van der Waals surface area (Å²) in [6.07, 6.45) is 0.587. The van der Waals surface area contributed by atoms with Gasteiger partial charge in [0, 0.05) is 6.42 Å². The predicted octanol–water partition coefficient (Wildman–Crippen LogP) is 2.55. The van der Waals surface area contributed by atoms with Crippen LogP contribution in [0.5, 0.6) is 5.75 Å². The van der Waals surface area contributed by atoms with E-state index in [0.29, 0.717) is 29.7 Å². The van der Waals surface area contributed by atoms with Crippen LogP contribution >= 0.6 is 0 Å². The molecule has 0 fully saturated rings. The predicted molar refractivity (Wildman–Crippen MR) is 84.0 cm³/mol. The lowest BCUT2D eigenvalue weighted by molar-refractivity contribution is 0.325. The Kier molecular flexibility index (Phi) is 3.74. The summed E-state index contributed by atoms with van der Waals surface area (Å²) in [5, 5.41) is 0.635. The molecule has 2 aromatic carbocycles. The molecular weight excluding hydrogens is 283 g/mol. The third kappa shape index (κ3) is 2.90. The fraction of sp³-hybridized carbons (Fsp3) is 0.125. The Balaban J connectivity index is 1.79. The average molecular weight is 298 g/mol. The van der Waals surface area contributed by atoms with Crippen molar-refractivity contribution in [3.05, 3.63) is 53.8 Å². The lowest BCUT2D eigenvalue weighted by Crippen LogP contribution is -2.05. The van der Waals surface area contributed by atoms with Crippen molar-refractivity contribution in [1.82, 2.24) is 9.97 Å². The Morgan fingerprint density at radius 3 is 2.68 bits per heavy atom. The Labute approximate surface area is 126 Å². The number of nitrogens with zero attached hydrogens (tertiary/aromatic N) is 2. The van der Waals surface area contributed by atoms with Crippen LogP contribution in [0, 0.1) is 5.82 Å². The molecule has 0 unspecified atom stereocenters. The molecule has 0 saturated carbocycles. The zero-order chi connectivity index (χ0) is 15.5. The van der Waals surface area contributed by atoms with Crippen molar-refractivity contribution < 1.29 is 9.13 Å². The number of fused-ring (bicyclic) bond motifs is 1. The minimum Gasteiger partial charge on any atom is -0.492 e. The van der Waals surface area contributed by atoms with Gasteiger partial charge < -0.3 is 16.2 Å². The topological polar surface area (TPSA) is 87.0 Å². The minimum atomic E-state index is -0.254. The molecule has 3 aromatic rings. The number of hydrogen-bond donors (Lipinski definition) is 2. The molecule has 0 bridgehead atoms. The third-order valence-electron chi connectivity index (χ3n) is 3.27. The van der Waals surface area contributed by atoms with E-state index in [1.165, 1.54) is 12.1 Å². The normalized spacial score (nSPS) is 10.8. The number of hydrogen-bond acceptors (Lipinski definition) is 5. The fourth-order valence-corrected chi connectivity index (χ4v) is 2.29. The van der Waals surface area contributed by atoms with Crippen molar-refractivity contribution in [2.75, 3.05) is 18.1 Å². The smallest absolute Gasteiger partial charge is 0.222 e. The van der Waals surface area contributed by atoms with Crippen molar-refractivity contribution in [3.63, 3.8) is 0 Å². The van der Waals surface area contributed by atoms with Crippen molar-refractivity contribution in [1.29, 1.82) is 0 Å². The molecule has 5 nitrogen and oxygen atoms in total. The fourth-order valence-electron chi connectivity index (χ4n) is 2.29. The number of ether oxygens (including phenoxy) is 1. The lowest BCUT2D eigenvalue weighted by atomic mass is 10.1. The van der Waals surface area contributed by atoms with Crippen molar-refractivity contribution in [2.24, 2.45) is 0 Å². The van der Waals surface area contributed by atoms with E-state index < -0.39 is 0 Å². The zero-order valence-corrected chi connectivity index (χ0v) is 11.8. The molecule has 0 saturated heterocycles. The third-order valence-corrected chi connectivity index (χ3v) is 3.27. The monoisotopic (exact) mass is 298 g/mol. The van der Waals surface area contributed by atoms with Crippen LogP contribution in [0.2, 0.25) is 0 Å². The van der Waals surface area contributed by atoms with Crippen LogP contribution in [-0.4, -0.2) is 16.6 Å². The first-order chi connectivity index (χ1) is 10.6. The highest BCUT2D eigenvalue weighted by Gasteiger charge is 2.09. The molecule has 0 atom stereocenters. The SMILES string of the molecule is Nc1nc(N)c2c(OCCc3cccc(F)c3)cccc2n1. The summed E-state index contributed by atoms with van der Waals surface area (Å²) in [4.78, 5) is 8.09. The second kappa shape index (κ2) is 5.85. The van der Waals surface area contributed by atoms with E-state index in [9.17, 15) is 4.39 Å². The Hall–Kier alpha value is -2.89. The van der Waals surface area contributed by atoms with Gasteiger partial charge in [0.15, 0.2) is 0 Å². The number of benzene rings is 2. The maximum atomic E-state index is 13.1. The van der Waals surface area contributed by atoms with E-state index in [0.717, 1.165) is 5.56 Å². The standard InChI is InChI=1S/C16H15FN4O/c17-11-4-1-3-10(9-11)7-8-22-13-6-2-5-12-14(13)15(18)21-16(19)20-12/h1-6,9H,7-8H2,(H4,18,19,20,21). The Bertz CT molecular complexity index is 822. The Morgan fingerprint density at radius 2 is 1.86 bits per heavy atom. The van der Waals surface area contributed by atoms with E-state index in [1.807, 2.05) is 12.1 Å². The summed E-state index contributed by atoms with van der Waals surface area (Å²) in [7, 11) is 0. The first-order valence-corrected chi connectivity index (χ1v) is 6.82. The molecule has 1 heterocycles. The second-order valence-corrected chi connectivity index (χ2v) is 4.85. The lowest BCUT2D eigenvalue weighted by Gasteiger charge is -2.10. The molecular formula is C16H15FN4O. The van der Waals surface area contributed by atoms with E-state index >= 15 is 0 Å². The maximum absolute atomic E-state index is 13.1. The second-order valence-electron chi connectivity index (χ2n) is 4.85. The molecule has 4 N–H and O–H groups in total. The number of anilines is 2. The summed E-state index contributed by atoms with van der Waals surface area (Å²) in [6, 6.07) is 11.8. The maximum Gasteiger partial charge on any atom is 0.222 e. The van der Waals surface area contributed by atoms with Gasteiger partial charge in [-0.25, -0.2) is 9.37 Å². The van der Waals surface area contributed by atoms with Gasteiger partial charge >= 0.3 is 0 Å². The highest BCUT2D eigenvalue weighted by Crippen LogP contribution is 2.29. The van der Waals surface area contributed by atoms with Crippen LogP contribution < -0.4 is 16.2 Å². The van der Waals surface area contributed by atoms with E-state index in [-0.39, 0.29) is 17.6 Å². The number of nitrogen functional groups attached to an aromatic ring is 2. The summed E-state index contributed by atoms with van der Waals surface area (Å²) >= 11 is 0. The number of nitrogens with two attached hydrogens (primary N) is 2. The Morgan fingerprint density at radius 1 is 1.05 bits per heavy atom. The molecule has 3 rings (SSSR count). The highest BCUT2D eigenvalue weighted by atomic mass is 19.1. The van der Waals surface area contributed by atoms with Crippen LogP contribution in [0.15, 0.2) is 42.5 Å². The molecule has 0 aliphatic rings. The molecule has 0 aliphatic heterocycles. The zero-order valence-electron chi connectivity index (χ0n) is 11.8. The first kappa shape index (κ1) is 14.1. The molecule has 0 radical (unpaired) electrons. The summed E-state index contributed by atoms with van der Waals surface area (Å²) < 4.78 is 18.9. The van der Waals surface area contributed by atoms with Crippen molar-refractivity contribution >= 4 is 22.7 Å². The summed E-state index contributed by atoms with van der Waals surface area (Å²) in [6.45, 7) is 0.395. The molecule has 0 amide bonds. The van der Waals surface area contributed by atoms with Gasteiger partial charge in [0.2, 0.25) is 5.95 Å². The molecule has 6 heteroatoms. The van der Waals surface area contributed by atoms with Gasteiger partial charge in [-0.3, -0.25) is 0 Å². The van der Waals surface area contributed by atoms with Crippen molar-refractivity contribution in [3.8, 4) is 5.75 Å². The first-order valence-electron chi connectivity index (χ1n) is 6.82. The van der Waals surface area contributed by atoms with Gasteiger partial charge in [-0.1, -0.05) is 18.2 Å². The molecule has 0 aliphatic carbocycles.